The van der Waals surface area contributed by atoms with Crippen molar-refractivity contribution in [2.45, 2.75) is 6.42 Å². The lowest BCUT2D eigenvalue weighted by Gasteiger charge is -2.37. The van der Waals surface area contributed by atoms with Crippen molar-refractivity contribution >= 4 is 17.5 Å². The number of para-hydroxylation sites is 1. The van der Waals surface area contributed by atoms with Crippen LogP contribution in [0, 0.1) is 35.5 Å². The van der Waals surface area contributed by atoms with Crippen LogP contribution >= 0.6 is 0 Å². The SMILES string of the molecule is O=C1[C@@H]2[C@H]3C=C[C@@H]([C@@H]4C[C@H]34)[C@@H]2C(=O)N1c1ccccc1-c1ccccc1. The Morgan fingerprint density at radius 1 is 0.731 bits per heavy atom. The highest BCUT2D eigenvalue weighted by Crippen LogP contribution is 2.65. The highest BCUT2D eigenvalue weighted by Gasteiger charge is 2.67. The van der Waals surface area contributed by atoms with E-state index in [0.29, 0.717) is 11.8 Å². The second kappa shape index (κ2) is 4.94. The maximum Gasteiger partial charge on any atom is 0.238 e. The minimum absolute atomic E-state index is 0.00748. The van der Waals surface area contributed by atoms with Crippen LogP contribution in [-0.4, -0.2) is 11.8 Å². The number of imide groups is 1. The number of carbonyl (C=O) groups is 2. The summed E-state index contributed by atoms with van der Waals surface area (Å²) in [6, 6.07) is 17.8. The number of nitrogens with zero attached hydrogens (tertiary/aromatic N) is 1. The molecule has 2 amide bonds. The highest BCUT2D eigenvalue weighted by molar-refractivity contribution is 6.24. The van der Waals surface area contributed by atoms with E-state index in [0.717, 1.165) is 16.8 Å². The Morgan fingerprint density at radius 3 is 1.96 bits per heavy atom. The van der Waals surface area contributed by atoms with Gasteiger partial charge in [0.2, 0.25) is 11.8 Å². The summed E-state index contributed by atoms with van der Waals surface area (Å²) < 4.78 is 0. The van der Waals surface area contributed by atoms with E-state index in [9.17, 15) is 9.59 Å². The molecule has 6 atom stereocenters. The third kappa shape index (κ3) is 1.73. The third-order valence-electron chi connectivity index (χ3n) is 6.89. The molecule has 0 N–H and O–H groups in total. The largest absolute Gasteiger partial charge is 0.274 e. The van der Waals surface area contributed by atoms with Crippen molar-refractivity contribution in [3.63, 3.8) is 0 Å². The fourth-order valence-electron chi connectivity index (χ4n) is 5.72. The van der Waals surface area contributed by atoms with Gasteiger partial charge >= 0.3 is 0 Å². The van der Waals surface area contributed by atoms with E-state index in [4.69, 9.17) is 0 Å². The molecule has 26 heavy (non-hydrogen) atoms. The molecule has 1 aliphatic heterocycles. The zero-order chi connectivity index (χ0) is 17.4. The number of benzene rings is 2. The lowest BCUT2D eigenvalue weighted by molar-refractivity contribution is -0.124. The Balaban J connectivity index is 1.47. The molecule has 4 aliphatic carbocycles. The first kappa shape index (κ1) is 14.5. The molecular formula is C23H19NO2. The summed E-state index contributed by atoms with van der Waals surface area (Å²) in [5.74, 6) is 1.51. The van der Waals surface area contributed by atoms with Gasteiger partial charge in [-0.15, -0.1) is 0 Å². The summed E-state index contributed by atoms with van der Waals surface area (Å²) in [6.07, 6.45) is 5.63. The summed E-state index contributed by atoms with van der Waals surface area (Å²) >= 11 is 0. The number of carbonyl (C=O) groups excluding carboxylic acids is 2. The summed E-state index contributed by atoms with van der Waals surface area (Å²) in [5.41, 5.74) is 2.71. The number of hydrogen-bond donors (Lipinski definition) is 0. The summed E-state index contributed by atoms with van der Waals surface area (Å²) in [5, 5.41) is 0. The molecule has 3 fully saturated rings. The highest BCUT2D eigenvalue weighted by atomic mass is 16.2. The first-order valence-corrected chi connectivity index (χ1v) is 9.46. The maximum absolute atomic E-state index is 13.4. The number of amides is 2. The molecule has 1 heterocycles. The lowest BCUT2D eigenvalue weighted by Crippen LogP contribution is -2.40. The first-order valence-electron chi connectivity index (χ1n) is 9.46. The van der Waals surface area contributed by atoms with Crippen molar-refractivity contribution in [2.24, 2.45) is 35.5 Å². The van der Waals surface area contributed by atoms with Crippen LogP contribution in [0.2, 0.25) is 0 Å². The predicted molar refractivity (Wildman–Crippen MR) is 99.1 cm³/mol. The second-order valence-corrected chi connectivity index (χ2v) is 8.05. The standard InChI is InChI=1S/C23H19NO2/c25-22-20-15-10-11-16(18-12-17(15)18)21(20)23(26)24(22)19-9-5-4-8-14(19)13-6-2-1-3-7-13/h1-11,15-18,20-21H,12H2/t15-,16-,17-,18+,20-,21+/m0/s1. The van der Waals surface area contributed by atoms with E-state index >= 15 is 0 Å². The molecule has 2 aromatic rings. The minimum atomic E-state index is -0.148. The van der Waals surface area contributed by atoms with Crippen molar-refractivity contribution in [3.8, 4) is 11.1 Å². The van der Waals surface area contributed by atoms with E-state index < -0.39 is 0 Å². The molecule has 2 bridgehead atoms. The van der Waals surface area contributed by atoms with Gasteiger partial charge in [0.1, 0.15) is 0 Å². The molecule has 0 radical (unpaired) electrons. The zero-order valence-electron chi connectivity index (χ0n) is 14.3. The first-order chi connectivity index (χ1) is 12.8. The zero-order valence-corrected chi connectivity index (χ0v) is 14.3. The summed E-state index contributed by atoms with van der Waals surface area (Å²) in [4.78, 5) is 28.2. The van der Waals surface area contributed by atoms with Gasteiger partial charge < -0.3 is 0 Å². The second-order valence-electron chi connectivity index (χ2n) is 8.05. The third-order valence-corrected chi connectivity index (χ3v) is 6.89. The van der Waals surface area contributed by atoms with E-state index in [1.165, 1.54) is 11.3 Å². The predicted octanol–water partition coefficient (Wildman–Crippen LogP) is 3.91. The van der Waals surface area contributed by atoms with E-state index in [1.54, 1.807) is 0 Å². The van der Waals surface area contributed by atoms with Crippen molar-refractivity contribution in [1.29, 1.82) is 0 Å². The molecule has 128 valence electrons. The molecule has 2 aromatic carbocycles. The minimum Gasteiger partial charge on any atom is -0.274 e. The molecular weight excluding hydrogens is 322 g/mol. The monoisotopic (exact) mass is 341 g/mol. The fraction of sp³-hybridized carbons (Fsp3) is 0.304. The molecule has 1 saturated heterocycles. The number of hydrogen-bond acceptors (Lipinski definition) is 2. The van der Waals surface area contributed by atoms with Crippen molar-refractivity contribution in [1.82, 2.24) is 0 Å². The number of anilines is 1. The van der Waals surface area contributed by atoms with Gasteiger partial charge in [0, 0.05) is 5.56 Å². The van der Waals surface area contributed by atoms with Gasteiger partial charge in [-0.2, -0.15) is 0 Å². The summed E-state index contributed by atoms with van der Waals surface area (Å²) in [7, 11) is 0. The normalized spacial score (nSPS) is 36.2. The molecule has 0 spiro atoms. The molecule has 3 heteroatoms. The van der Waals surface area contributed by atoms with E-state index in [1.807, 2.05) is 54.6 Å². The molecule has 0 unspecified atom stereocenters. The van der Waals surface area contributed by atoms with Crippen LogP contribution in [0.15, 0.2) is 66.7 Å². The Labute approximate surface area is 152 Å². The van der Waals surface area contributed by atoms with Gasteiger partial charge in [0.05, 0.1) is 17.5 Å². The average Bonchev–Trinajstić information content (AvgIpc) is 3.47. The van der Waals surface area contributed by atoms with Gasteiger partial charge in [-0.1, -0.05) is 60.7 Å². The Hall–Kier alpha value is -2.68. The Kier molecular flexibility index (Phi) is 2.75. The van der Waals surface area contributed by atoms with Crippen molar-refractivity contribution < 1.29 is 9.59 Å². The average molecular weight is 341 g/mol. The van der Waals surface area contributed by atoms with Crippen LogP contribution in [0.25, 0.3) is 11.1 Å². The molecule has 3 nitrogen and oxygen atoms in total. The molecule has 7 rings (SSSR count). The molecule has 2 saturated carbocycles. The van der Waals surface area contributed by atoms with Crippen LogP contribution in [0.3, 0.4) is 0 Å². The quantitative estimate of drug-likeness (QED) is 0.613. The van der Waals surface area contributed by atoms with Crippen LogP contribution in [-0.2, 0) is 9.59 Å². The fourth-order valence-corrected chi connectivity index (χ4v) is 5.72. The smallest absolute Gasteiger partial charge is 0.238 e. The Morgan fingerprint density at radius 2 is 1.31 bits per heavy atom. The summed E-state index contributed by atoms with van der Waals surface area (Å²) in [6.45, 7) is 0. The van der Waals surface area contributed by atoms with Crippen molar-refractivity contribution in [2.75, 3.05) is 4.90 Å². The van der Waals surface area contributed by atoms with Gasteiger partial charge in [0.15, 0.2) is 0 Å². The Bertz CT molecular complexity index is 927. The number of allylic oxidation sites excluding steroid dienone is 2. The van der Waals surface area contributed by atoms with Crippen LogP contribution in [0.1, 0.15) is 6.42 Å². The van der Waals surface area contributed by atoms with Crippen molar-refractivity contribution in [3.05, 3.63) is 66.7 Å². The maximum atomic E-state index is 13.4. The van der Waals surface area contributed by atoms with E-state index in [2.05, 4.69) is 12.2 Å². The molecule has 5 aliphatic rings. The van der Waals surface area contributed by atoms with Crippen LogP contribution < -0.4 is 4.90 Å². The van der Waals surface area contributed by atoms with Crippen LogP contribution in [0.4, 0.5) is 5.69 Å². The van der Waals surface area contributed by atoms with E-state index in [-0.39, 0.29) is 35.5 Å². The topological polar surface area (TPSA) is 37.4 Å². The lowest BCUT2D eigenvalue weighted by atomic mass is 9.63. The molecule has 0 aromatic heterocycles. The number of rotatable bonds is 2. The van der Waals surface area contributed by atoms with Gasteiger partial charge in [0.25, 0.3) is 0 Å². The van der Waals surface area contributed by atoms with Gasteiger partial charge in [-0.05, 0) is 41.7 Å². The van der Waals surface area contributed by atoms with Gasteiger partial charge in [-0.3, -0.25) is 9.59 Å². The van der Waals surface area contributed by atoms with Gasteiger partial charge in [-0.25, -0.2) is 4.90 Å². The van der Waals surface area contributed by atoms with Crippen LogP contribution in [0.5, 0.6) is 0 Å².